The topological polar surface area (TPSA) is 53.5 Å². The minimum absolute atomic E-state index is 0.0976. The molecule has 2 saturated heterocycles. The Labute approximate surface area is 159 Å². The highest BCUT2D eigenvalue weighted by Gasteiger charge is 2.47. The zero-order chi connectivity index (χ0) is 18.4. The van der Waals surface area contributed by atoms with E-state index >= 15 is 0 Å². The number of rotatable bonds is 3. The van der Waals surface area contributed by atoms with Crippen molar-refractivity contribution in [3.05, 3.63) is 42.1 Å². The molecule has 1 aromatic heterocycles. The van der Waals surface area contributed by atoms with Crippen LogP contribution in [0.5, 0.6) is 0 Å². The van der Waals surface area contributed by atoms with Gasteiger partial charge in [-0.05, 0) is 49.8 Å². The SMILES string of the molecule is O=C(CC1CC1)N1CCC2(CC1)CN(C(=O)c1ccc3cccnc3c1)C2. The molecule has 5 nitrogen and oxygen atoms in total. The molecule has 1 saturated carbocycles. The van der Waals surface area contributed by atoms with Crippen LogP contribution >= 0.6 is 0 Å². The van der Waals surface area contributed by atoms with E-state index in [2.05, 4.69) is 4.98 Å². The molecule has 5 rings (SSSR count). The number of benzene rings is 1. The van der Waals surface area contributed by atoms with Gasteiger partial charge in [-0.25, -0.2) is 0 Å². The van der Waals surface area contributed by atoms with Gasteiger partial charge in [0.2, 0.25) is 5.91 Å². The predicted octanol–water partition coefficient (Wildman–Crippen LogP) is 3.10. The van der Waals surface area contributed by atoms with Crippen molar-refractivity contribution >= 4 is 22.7 Å². The third-order valence-corrected chi connectivity index (χ3v) is 6.53. The van der Waals surface area contributed by atoms with Crippen molar-refractivity contribution in [1.82, 2.24) is 14.8 Å². The van der Waals surface area contributed by atoms with Crippen LogP contribution in [0.15, 0.2) is 36.5 Å². The lowest BCUT2D eigenvalue weighted by molar-refractivity contribution is -0.135. The van der Waals surface area contributed by atoms with Gasteiger partial charge in [0, 0.05) is 55.2 Å². The maximum Gasteiger partial charge on any atom is 0.253 e. The quantitative estimate of drug-likeness (QED) is 0.842. The van der Waals surface area contributed by atoms with Crippen molar-refractivity contribution < 1.29 is 9.59 Å². The summed E-state index contributed by atoms with van der Waals surface area (Å²) >= 11 is 0. The number of pyridine rings is 1. The summed E-state index contributed by atoms with van der Waals surface area (Å²) in [5.74, 6) is 1.09. The minimum atomic E-state index is 0.0976. The minimum Gasteiger partial charge on any atom is -0.343 e. The molecule has 140 valence electrons. The van der Waals surface area contributed by atoms with Crippen molar-refractivity contribution in [2.75, 3.05) is 26.2 Å². The van der Waals surface area contributed by atoms with E-state index in [0.717, 1.165) is 56.3 Å². The number of carbonyl (C=O) groups is 2. The summed E-state index contributed by atoms with van der Waals surface area (Å²) in [6.07, 6.45) is 7.00. The van der Waals surface area contributed by atoms with Gasteiger partial charge in [0.25, 0.3) is 5.91 Å². The predicted molar refractivity (Wildman–Crippen MR) is 103 cm³/mol. The first-order chi connectivity index (χ1) is 13.1. The summed E-state index contributed by atoms with van der Waals surface area (Å²) in [6, 6.07) is 9.67. The van der Waals surface area contributed by atoms with E-state index in [1.807, 2.05) is 40.1 Å². The number of piperidine rings is 1. The van der Waals surface area contributed by atoms with Crippen LogP contribution in [0.4, 0.5) is 0 Å². The molecule has 0 N–H and O–H groups in total. The Morgan fingerprint density at radius 3 is 2.59 bits per heavy atom. The number of hydrogen-bond donors (Lipinski definition) is 0. The van der Waals surface area contributed by atoms with Gasteiger partial charge in [-0.3, -0.25) is 14.6 Å². The fourth-order valence-corrected chi connectivity index (χ4v) is 4.53. The normalized spacial score (nSPS) is 21.3. The van der Waals surface area contributed by atoms with Crippen molar-refractivity contribution in [1.29, 1.82) is 0 Å². The number of likely N-dealkylation sites (tertiary alicyclic amines) is 2. The van der Waals surface area contributed by atoms with Crippen LogP contribution in [0.1, 0.15) is 42.5 Å². The van der Waals surface area contributed by atoms with Crippen molar-refractivity contribution in [3.8, 4) is 0 Å². The molecule has 2 aliphatic heterocycles. The van der Waals surface area contributed by atoms with Crippen LogP contribution < -0.4 is 0 Å². The molecular weight excluding hydrogens is 338 g/mol. The van der Waals surface area contributed by atoms with Gasteiger partial charge >= 0.3 is 0 Å². The zero-order valence-corrected chi connectivity index (χ0v) is 15.6. The van der Waals surface area contributed by atoms with Gasteiger partial charge < -0.3 is 9.80 Å². The lowest BCUT2D eigenvalue weighted by atomic mass is 9.71. The molecule has 5 heteroatoms. The first-order valence-electron chi connectivity index (χ1n) is 10.0. The summed E-state index contributed by atoms with van der Waals surface area (Å²) in [5.41, 5.74) is 1.80. The molecule has 0 radical (unpaired) electrons. The molecule has 1 spiro atoms. The van der Waals surface area contributed by atoms with Crippen molar-refractivity contribution in [2.45, 2.75) is 32.1 Å². The fraction of sp³-hybridized carbons (Fsp3) is 0.500. The van der Waals surface area contributed by atoms with Crippen molar-refractivity contribution in [2.24, 2.45) is 11.3 Å². The third kappa shape index (κ3) is 3.20. The average molecular weight is 363 g/mol. The van der Waals surface area contributed by atoms with Gasteiger partial charge in [-0.2, -0.15) is 0 Å². The van der Waals surface area contributed by atoms with E-state index < -0.39 is 0 Å². The first kappa shape index (κ1) is 16.7. The van der Waals surface area contributed by atoms with Gasteiger partial charge in [-0.15, -0.1) is 0 Å². The second-order valence-corrected chi connectivity index (χ2v) is 8.60. The molecule has 27 heavy (non-hydrogen) atoms. The number of carbonyl (C=O) groups excluding carboxylic acids is 2. The Morgan fingerprint density at radius 2 is 1.85 bits per heavy atom. The lowest BCUT2D eigenvalue weighted by Gasteiger charge is -2.54. The molecule has 0 bridgehead atoms. The Kier molecular flexibility index (Phi) is 3.92. The van der Waals surface area contributed by atoms with Gasteiger partial charge in [0.15, 0.2) is 0 Å². The highest BCUT2D eigenvalue weighted by molar-refractivity contribution is 5.98. The van der Waals surface area contributed by atoms with E-state index in [1.165, 1.54) is 12.8 Å². The van der Waals surface area contributed by atoms with E-state index in [4.69, 9.17) is 0 Å². The van der Waals surface area contributed by atoms with E-state index in [-0.39, 0.29) is 11.3 Å². The van der Waals surface area contributed by atoms with E-state index in [0.29, 0.717) is 17.4 Å². The van der Waals surface area contributed by atoms with E-state index in [1.54, 1.807) is 6.20 Å². The number of fused-ring (bicyclic) bond motifs is 1. The third-order valence-electron chi connectivity index (χ3n) is 6.53. The lowest BCUT2D eigenvalue weighted by Crippen LogP contribution is -2.62. The molecule has 3 heterocycles. The molecule has 3 fully saturated rings. The van der Waals surface area contributed by atoms with Crippen LogP contribution in [-0.2, 0) is 4.79 Å². The number of hydrogen-bond acceptors (Lipinski definition) is 3. The van der Waals surface area contributed by atoms with Gasteiger partial charge in [0.1, 0.15) is 0 Å². The summed E-state index contributed by atoms with van der Waals surface area (Å²) in [6.45, 7) is 3.34. The summed E-state index contributed by atoms with van der Waals surface area (Å²) in [4.78, 5) is 33.5. The fourth-order valence-electron chi connectivity index (χ4n) is 4.53. The smallest absolute Gasteiger partial charge is 0.253 e. The number of aromatic nitrogens is 1. The van der Waals surface area contributed by atoms with Crippen molar-refractivity contribution in [3.63, 3.8) is 0 Å². The first-order valence-corrected chi connectivity index (χ1v) is 10.0. The standard InChI is InChI=1S/C22H25N3O2/c26-20(12-16-3-4-16)24-10-7-22(8-11-24)14-25(15-22)21(27)18-6-5-17-2-1-9-23-19(17)13-18/h1-2,5-6,9,13,16H,3-4,7-8,10-12,14-15H2. The van der Waals surface area contributed by atoms with Crippen LogP contribution in [0.25, 0.3) is 10.9 Å². The summed E-state index contributed by atoms with van der Waals surface area (Å²) < 4.78 is 0. The zero-order valence-electron chi connectivity index (χ0n) is 15.6. The maximum absolute atomic E-state index is 12.8. The second kappa shape index (κ2) is 6.32. The van der Waals surface area contributed by atoms with Crippen LogP contribution in [-0.4, -0.2) is 52.8 Å². The van der Waals surface area contributed by atoms with Crippen LogP contribution in [0.3, 0.4) is 0 Å². The van der Waals surface area contributed by atoms with Crippen LogP contribution in [0.2, 0.25) is 0 Å². The average Bonchev–Trinajstić information content (AvgIpc) is 3.49. The highest BCUT2D eigenvalue weighted by Crippen LogP contribution is 2.42. The molecular formula is C22H25N3O2. The molecule has 0 unspecified atom stereocenters. The molecule has 2 amide bonds. The Bertz CT molecular complexity index is 889. The highest BCUT2D eigenvalue weighted by atomic mass is 16.2. The maximum atomic E-state index is 12.8. The summed E-state index contributed by atoms with van der Waals surface area (Å²) in [7, 11) is 0. The molecule has 1 aliphatic carbocycles. The molecule has 0 atom stereocenters. The molecule has 1 aromatic carbocycles. The Morgan fingerprint density at radius 1 is 1.07 bits per heavy atom. The van der Waals surface area contributed by atoms with Gasteiger partial charge in [-0.1, -0.05) is 12.1 Å². The van der Waals surface area contributed by atoms with E-state index in [9.17, 15) is 9.59 Å². The molecule has 2 aromatic rings. The largest absolute Gasteiger partial charge is 0.343 e. The monoisotopic (exact) mass is 363 g/mol. The number of nitrogens with zero attached hydrogens (tertiary/aromatic N) is 3. The number of amides is 2. The second-order valence-electron chi connectivity index (χ2n) is 8.60. The Balaban J connectivity index is 1.18. The Hall–Kier alpha value is -2.43. The van der Waals surface area contributed by atoms with Gasteiger partial charge in [0.05, 0.1) is 5.52 Å². The summed E-state index contributed by atoms with van der Waals surface area (Å²) in [5, 5.41) is 1.05. The van der Waals surface area contributed by atoms with Crippen LogP contribution in [0, 0.1) is 11.3 Å². The molecule has 3 aliphatic rings.